The smallest absolute Gasteiger partial charge is 0.253 e. The molecule has 0 bridgehead atoms. The van der Waals surface area contributed by atoms with E-state index < -0.39 is 0 Å². The number of thioether (sulfide) groups is 2. The van der Waals surface area contributed by atoms with E-state index in [4.69, 9.17) is 21.1 Å². The summed E-state index contributed by atoms with van der Waals surface area (Å²) in [4.78, 5) is 25.6. The molecule has 40 heavy (non-hydrogen) atoms. The van der Waals surface area contributed by atoms with Gasteiger partial charge in [0.2, 0.25) is 11.0 Å². The van der Waals surface area contributed by atoms with Gasteiger partial charge in [0, 0.05) is 10.5 Å². The van der Waals surface area contributed by atoms with Gasteiger partial charge in [-0.1, -0.05) is 69.3 Å². The number of hydrogen-bond acceptors (Lipinski definition) is 11. The molecular weight excluding hydrogens is 662 g/mol. The van der Waals surface area contributed by atoms with E-state index in [0.717, 1.165) is 14.6 Å². The zero-order valence-electron chi connectivity index (χ0n) is 21.4. The van der Waals surface area contributed by atoms with Crippen LogP contribution in [-0.2, 0) is 11.3 Å². The number of nitrogens with zero attached hydrogens (tertiary/aromatic N) is 5. The highest BCUT2D eigenvalue weighted by atomic mass is 79.9. The van der Waals surface area contributed by atoms with E-state index in [9.17, 15) is 9.59 Å². The van der Waals surface area contributed by atoms with E-state index in [1.807, 2.05) is 6.92 Å². The van der Waals surface area contributed by atoms with Gasteiger partial charge in [0.15, 0.2) is 15.3 Å². The largest absolute Gasteiger partial charge is 0.497 e. The van der Waals surface area contributed by atoms with Crippen molar-refractivity contribution in [2.45, 2.75) is 23.0 Å². The topological polar surface area (TPSA) is 133 Å². The highest BCUT2D eigenvalue weighted by molar-refractivity contribution is 9.10. The number of aromatic nitrogens is 5. The Morgan fingerprint density at radius 3 is 2.65 bits per heavy atom. The van der Waals surface area contributed by atoms with Crippen molar-refractivity contribution in [2.75, 3.05) is 31.0 Å². The van der Waals surface area contributed by atoms with Crippen LogP contribution < -0.4 is 20.1 Å². The summed E-state index contributed by atoms with van der Waals surface area (Å²) in [5.74, 6) is 1.72. The molecule has 4 aromatic rings. The molecule has 11 nitrogen and oxygen atoms in total. The highest BCUT2D eigenvalue weighted by Crippen LogP contribution is 2.32. The molecule has 0 aliphatic carbocycles. The number of hydrogen-bond donors (Lipinski definition) is 2. The third-order valence-corrected chi connectivity index (χ3v) is 8.77. The fourth-order valence-corrected chi connectivity index (χ4v) is 6.37. The summed E-state index contributed by atoms with van der Waals surface area (Å²) in [7, 11) is 3.10. The van der Waals surface area contributed by atoms with Crippen molar-refractivity contribution in [1.29, 1.82) is 0 Å². The minimum Gasteiger partial charge on any atom is -0.497 e. The van der Waals surface area contributed by atoms with Crippen LogP contribution in [0.3, 0.4) is 0 Å². The molecule has 0 aliphatic heterocycles. The molecule has 2 aromatic heterocycles. The fourth-order valence-electron chi connectivity index (χ4n) is 3.38. The molecule has 0 spiro atoms. The SMILES string of the molecule is CCSc1nnc(NC(=O)CSc2nnc(CNC(=O)c3cc(Br)ccc3Cl)n2-c2cc(OC)ccc2OC)s1. The maximum absolute atomic E-state index is 12.9. The first-order valence-corrected chi connectivity index (χ1v) is 15.6. The minimum atomic E-state index is -0.385. The van der Waals surface area contributed by atoms with E-state index in [1.54, 1.807) is 66.9 Å². The lowest BCUT2D eigenvalue weighted by atomic mass is 10.2. The first-order valence-electron chi connectivity index (χ1n) is 11.6. The van der Waals surface area contributed by atoms with Crippen molar-refractivity contribution in [2.24, 2.45) is 0 Å². The molecule has 0 saturated carbocycles. The quantitative estimate of drug-likeness (QED) is 0.149. The summed E-state index contributed by atoms with van der Waals surface area (Å²) in [6.07, 6.45) is 0. The average Bonchev–Trinajstić information content (AvgIpc) is 3.57. The average molecular weight is 685 g/mol. The van der Waals surface area contributed by atoms with Crippen molar-refractivity contribution < 1.29 is 19.1 Å². The van der Waals surface area contributed by atoms with E-state index in [0.29, 0.717) is 43.9 Å². The summed E-state index contributed by atoms with van der Waals surface area (Å²) in [5.41, 5.74) is 0.884. The standard InChI is InChI=1S/C24H23BrClN7O4S3/c1-4-38-24-32-30-22(40-24)28-20(34)12-39-23-31-29-19(11-27-21(35)15-9-13(25)5-7-16(15)26)33(23)17-10-14(36-2)6-8-18(17)37-3/h5-10H,4,11-12H2,1-3H3,(H,27,35)(H,28,30,34). The molecule has 2 amide bonds. The maximum atomic E-state index is 12.9. The minimum absolute atomic E-state index is 0.0183. The molecule has 0 unspecified atom stereocenters. The molecule has 0 fully saturated rings. The van der Waals surface area contributed by atoms with Crippen LogP contribution in [0.25, 0.3) is 5.69 Å². The first kappa shape index (κ1) is 30.1. The van der Waals surface area contributed by atoms with Crippen molar-refractivity contribution in [3.05, 3.63) is 57.3 Å². The molecule has 2 aromatic carbocycles. The Balaban J connectivity index is 1.58. The van der Waals surface area contributed by atoms with Gasteiger partial charge in [0.25, 0.3) is 5.91 Å². The van der Waals surface area contributed by atoms with Gasteiger partial charge in [0.05, 0.1) is 42.8 Å². The van der Waals surface area contributed by atoms with E-state index >= 15 is 0 Å². The van der Waals surface area contributed by atoms with Crippen molar-refractivity contribution in [3.63, 3.8) is 0 Å². The van der Waals surface area contributed by atoms with E-state index in [1.165, 1.54) is 23.1 Å². The second kappa shape index (κ2) is 14.2. The zero-order chi connectivity index (χ0) is 28.6. The lowest BCUT2D eigenvalue weighted by Gasteiger charge is -2.15. The Hall–Kier alpha value is -2.85. The fraction of sp³-hybridized carbons (Fsp3) is 0.250. The van der Waals surface area contributed by atoms with Crippen molar-refractivity contribution >= 4 is 79.3 Å². The Morgan fingerprint density at radius 1 is 1.07 bits per heavy atom. The number of rotatable bonds is 12. The first-order chi connectivity index (χ1) is 19.3. The maximum Gasteiger partial charge on any atom is 0.253 e. The number of anilines is 1. The van der Waals surface area contributed by atoms with Crippen LogP contribution >= 0.6 is 62.4 Å². The predicted octanol–water partition coefficient (Wildman–Crippen LogP) is 5.32. The van der Waals surface area contributed by atoms with Gasteiger partial charge in [-0.3, -0.25) is 19.5 Å². The molecule has 0 saturated heterocycles. The van der Waals surface area contributed by atoms with Gasteiger partial charge in [-0.25, -0.2) is 0 Å². The number of halogens is 2. The van der Waals surface area contributed by atoms with Crippen LogP contribution in [0.2, 0.25) is 5.02 Å². The van der Waals surface area contributed by atoms with Crippen LogP contribution in [0, 0.1) is 0 Å². The molecule has 0 atom stereocenters. The summed E-state index contributed by atoms with van der Waals surface area (Å²) in [6, 6.07) is 10.3. The number of benzene rings is 2. The number of methoxy groups -OCH3 is 2. The Morgan fingerprint density at radius 2 is 1.90 bits per heavy atom. The van der Waals surface area contributed by atoms with Crippen LogP contribution in [0.4, 0.5) is 5.13 Å². The van der Waals surface area contributed by atoms with Crippen LogP contribution in [0.15, 0.2) is 50.4 Å². The van der Waals surface area contributed by atoms with Crippen LogP contribution in [-0.4, -0.2) is 62.5 Å². The third kappa shape index (κ3) is 7.46. The molecule has 2 heterocycles. The predicted molar refractivity (Wildman–Crippen MR) is 160 cm³/mol. The highest BCUT2D eigenvalue weighted by Gasteiger charge is 2.21. The van der Waals surface area contributed by atoms with E-state index in [-0.39, 0.29) is 24.1 Å². The molecule has 210 valence electrons. The normalized spacial score (nSPS) is 10.8. The zero-order valence-corrected chi connectivity index (χ0v) is 26.2. The molecule has 0 aliphatic rings. The van der Waals surface area contributed by atoms with Crippen molar-refractivity contribution in [1.82, 2.24) is 30.3 Å². The van der Waals surface area contributed by atoms with E-state index in [2.05, 4.69) is 47.0 Å². The summed E-state index contributed by atoms with van der Waals surface area (Å²) in [6.45, 7) is 2.04. The summed E-state index contributed by atoms with van der Waals surface area (Å²) in [5, 5.41) is 23.4. The van der Waals surface area contributed by atoms with Crippen LogP contribution in [0.1, 0.15) is 23.1 Å². The molecule has 2 N–H and O–H groups in total. The molecule has 0 radical (unpaired) electrons. The lowest BCUT2D eigenvalue weighted by molar-refractivity contribution is -0.113. The Bertz CT molecular complexity index is 1520. The van der Waals surface area contributed by atoms with Crippen LogP contribution in [0.5, 0.6) is 11.5 Å². The monoisotopic (exact) mass is 683 g/mol. The number of carbonyl (C=O) groups is 2. The van der Waals surface area contributed by atoms with Gasteiger partial charge in [0.1, 0.15) is 11.5 Å². The van der Waals surface area contributed by atoms with Gasteiger partial charge in [-0.05, 0) is 36.1 Å². The second-order valence-corrected chi connectivity index (χ2v) is 12.5. The van der Waals surface area contributed by atoms with Gasteiger partial charge >= 0.3 is 0 Å². The lowest BCUT2D eigenvalue weighted by Crippen LogP contribution is -2.25. The summed E-state index contributed by atoms with van der Waals surface area (Å²) >= 11 is 13.6. The molecular formula is C24H23BrClN7O4S3. The van der Waals surface area contributed by atoms with Gasteiger partial charge < -0.3 is 14.8 Å². The molecule has 16 heteroatoms. The number of nitrogens with one attached hydrogen (secondary N) is 2. The number of amides is 2. The number of ether oxygens (including phenoxy) is 2. The third-order valence-electron chi connectivity index (χ3n) is 5.16. The number of carbonyl (C=O) groups excluding carboxylic acids is 2. The van der Waals surface area contributed by atoms with Gasteiger partial charge in [-0.2, -0.15) is 0 Å². The van der Waals surface area contributed by atoms with Gasteiger partial charge in [-0.15, -0.1) is 20.4 Å². The Kier molecular flexibility index (Phi) is 10.7. The second-order valence-electron chi connectivity index (χ2n) is 7.72. The summed E-state index contributed by atoms with van der Waals surface area (Å²) < 4.78 is 14.2. The molecule has 4 rings (SSSR count). The van der Waals surface area contributed by atoms with Crippen molar-refractivity contribution in [3.8, 4) is 17.2 Å². The Labute approximate surface area is 255 Å².